The number of ether oxygens (including phenoxy) is 1. The monoisotopic (exact) mass is 399 g/mol. The molecule has 1 aromatic carbocycles. The minimum atomic E-state index is -0.107. The highest BCUT2D eigenvalue weighted by molar-refractivity contribution is 7.20. The van der Waals surface area contributed by atoms with Gasteiger partial charge in [0.15, 0.2) is 5.82 Å². The third-order valence-electron chi connectivity index (χ3n) is 4.94. The van der Waals surface area contributed by atoms with Crippen molar-refractivity contribution in [3.05, 3.63) is 29.8 Å². The van der Waals surface area contributed by atoms with Gasteiger partial charge in [0.2, 0.25) is 16.0 Å². The lowest BCUT2D eigenvalue weighted by molar-refractivity contribution is -0.117. The molecule has 0 aliphatic carbocycles. The maximum atomic E-state index is 12.4. The first-order valence-corrected chi connectivity index (χ1v) is 10.5. The van der Waals surface area contributed by atoms with Crippen LogP contribution in [0.2, 0.25) is 0 Å². The number of nitrogens with one attached hydrogen (secondary N) is 1. The fourth-order valence-corrected chi connectivity index (χ4v) is 4.32. The third-order valence-corrected chi connectivity index (χ3v) is 5.90. The molecule has 28 heavy (non-hydrogen) atoms. The molecule has 1 amide bonds. The molecule has 148 valence electrons. The Kier molecular flexibility index (Phi) is 5.59. The van der Waals surface area contributed by atoms with Crippen LogP contribution >= 0.6 is 11.3 Å². The van der Waals surface area contributed by atoms with E-state index < -0.39 is 0 Å². The number of carbonyl (C=O) groups excluding carboxylic acids is 1. The van der Waals surface area contributed by atoms with Crippen molar-refractivity contribution in [1.82, 2.24) is 14.6 Å². The van der Waals surface area contributed by atoms with Crippen molar-refractivity contribution >= 4 is 33.2 Å². The van der Waals surface area contributed by atoms with Crippen LogP contribution in [-0.4, -0.2) is 47.3 Å². The molecule has 1 N–H and O–H groups in total. The van der Waals surface area contributed by atoms with Crippen LogP contribution in [0.5, 0.6) is 0 Å². The Hall–Kier alpha value is -2.45. The fraction of sp³-hybridized carbons (Fsp3) is 0.450. The van der Waals surface area contributed by atoms with Gasteiger partial charge in [-0.1, -0.05) is 41.2 Å². The summed E-state index contributed by atoms with van der Waals surface area (Å²) in [7, 11) is 1.59. The van der Waals surface area contributed by atoms with E-state index in [1.54, 1.807) is 23.0 Å². The molecule has 1 aliphatic heterocycles. The van der Waals surface area contributed by atoms with E-state index >= 15 is 0 Å². The second-order valence-corrected chi connectivity index (χ2v) is 8.03. The van der Waals surface area contributed by atoms with Crippen molar-refractivity contribution < 1.29 is 9.53 Å². The zero-order chi connectivity index (χ0) is 19.5. The molecule has 1 saturated heterocycles. The summed E-state index contributed by atoms with van der Waals surface area (Å²) in [5, 5.41) is 8.75. The molecule has 2 aromatic heterocycles. The summed E-state index contributed by atoms with van der Waals surface area (Å²) in [6.07, 6.45) is 3.95. The summed E-state index contributed by atoms with van der Waals surface area (Å²) >= 11 is 1.57. The molecular formula is C20H25N5O2S. The quantitative estimate of drug-likeness (QED) is 0.684. The van der Waals surface area contributed by atoms with Crippen LogP contribution in [0.15, 0.2) is 24.3 Å². The second kappa shape index (κ2) is 8.28. The molecule has 0 bridgehead atoms. The lowest BCUT2D eigenvalue weighted by Gasteiger charge is -2.25. The van der Waals surface area contributed by atoms with Gasteiger partial charge in [0, 0.05) is 25.8 Å². The van der Waals surface area contributed by atoms with Gasteiger partial charge in [0.05, 0.1) is 13.0 Å². The minimum absolute atomic E-state index is 0.107. The number of methoxy groups -OCH3 is 1. The standard InChI is InChI=1S/C20H25N5O2S/c1-14-6-8-15(9-7-14)17-18(21-16(26)10-13-27-2)25-19(22-17)28-20(23-25)24-11-4-3-5-12-24/h6-9H,3-5,10-13H2,1-2H3,(H,21,26). The number of carbonyl (C=O) groups is 1. The summed E-state index contributed by atoms with van der Waals surface area (Å²) < 4.78 is 6.80. The van der Waals surface area contributed by atoms with Crippen molar-refractivity contribution in [3.63, 3.8) is 0 Å². The molecule has 1 fully saturated rings. The smallest absolute Gasteiger partial charge is 0.227 e. The first-order valence-electron chi connectivity index (χ1n) is 9.66. The average Bonchev–Trinajstić information content (AvgIpc) is 3.27. The highest BCUT2D eigenvalue weighted by Gasteiger charge is 2.22. The number of anilines is 2. The molecule has 1 aliphatic rings. The number of fused-ring (bicyclic) bond motifs is 1. The summed E-state index contributed by atoms with van der Waals surface area (Å²) in [4.78, 5) is 20.3. The van der Waals surface area contributed by atoms with Crippen LogP contribution in [-0.2, 0) is 9.53 Å². The Morgan fingerprint density at radius 3 is 2.68 bits per heavy atom. The van der Waals surface area contributed by atoms with Gasteiger partial charge in [-0.3, -0.25) is 4.79 Å². The molecule has 8 heteroatoms. The lowest BCUT2D eigenvalue weighted by Crippen LogP contribution is -2.29. The minimum Gasteiger partial charge on any atom is -0.384 e. The number of hydrogen-bond acceptors (Lipinski definition) is 6. The molecule has 0 radical (unpaired) electrons. The van der Waals surface area contributed by atoms with Crippen LogP contribution in [0.4, 0.5) is 10.9 Å². The number of imidazole rings is 1. The number of hydrogen-bond donors (Lipinski definition) is 1. The van der Waals surface area contributed by atoms with Gasteiger partial charge in [-0.25, -0.2) is 4.98 Å². The van der Waals surface area contributed by atoms with Gasteiger partial charge in [0.25, 0.3) is 0 Å². The topological polar surface area (TPSA) is 71.8 Å². The normalized spacial score (nSPS) is 14.6. The van der Waals surface area contributed by atoms with Crippen molar-refractivity contribution in [3.8, 4) is 11.3 Å². The van der Waals surface area contributed by atoms with Gasteiger partial charge in [-0.2, -0.15) is 4.52 Å². The van der Waals surface area contributed by atoms with E-state index in [0.717, 1.165) is 34.4 Å². The highest BCUT2D eigenvalue weighted by Crippen LogP contribution is 2.34. The molecule has 3 aromatic rings. The number of benzene rings is 1. The zero-order valence-corrected chi connectivity index (χ0v) is 17.1. The van der Waals surface area contributed by atoms with E-state index in [0.29, 0.717) is 18.8 Å². The molecule has 3 heterocycles. The Balaban J connectivity index is 1.72. The molecule has 4 rings (SSSR count). The van der Waals surface area contributed by atoms with Crippen LogP contribution in [0.1, 0.15) is 31.2 Å². The fourth-order valence-electron chi connectivity index (χ4n) is 3.37. The number of nitrogens with zero attached hydrogens (tertiary/aromatic N) is 4. The number of aryl methyl sites for hydroxylation is 1. The zero-order valence-electron chi connectivity index (χ0n) is 16.3. The number of rotatable bonds is 6. The summed E-state index contributed by atoms with van der Waals surface area (Å²) in [6, 6.07) is 8.15. The predicted molar refractivity (Wildman–Crippen MR) is 112 cm³/mol. The summed E-state index contributed by atoms with van der Waals surface area (Å²) in [6.45, 7) is 4.48. The van der Waals surface area contributed by atoms with E-state index in [9.17, 15) is 4.79 Å². The molecule has 0 saturated carbocycles. The molecule has 0 atom stereocenters. The van der Waals surface area contributed by atoms with Gasteiger partial charge in [0.1, 0.15) is 5.69 Å². The van der Waals surface area contributed by atoms with Gasteiger partial charge in [-0.05, 0) is 26.2 Å². The SMILES string of the molecule is COCCC(=O)Nc1c(-c2ccc(C)cc2)nc2sc(N3CCCCC3)nn12. The van der Waals surface area contributed by atoms with Crippen LogP contribution < -0.4 is 10.2 Å². The Morgan fingerprint density at radius 2 is 1.96 bits per heavy atom. The van der Waals surface area contributed by atoms with Gasteiger partial charge in [-0.15, -0.1) is 5.10 Å². The van der Waals surface area contributed by atoms with E-state index in [4.69, 9.17) is 14.8 Å². The van der Waals surface area contributed by atoms with E-state index in [1.807, 2.05) is 24.3 Å². The van der Waals surface area contributed by atoms with E-state index in [2.05, 4.69) is 17.1 Å². The van der Waals surface area contributed by atoms with Gasteiger partial charge < -0.3 is 15.0 Å². The van der Waals surface area contributed by atoms with Crippen molar-refractivity contribution in [2.24, 2.45) is 0 Å². The average molecular weight is 400 g/mol. The number of piperidine rings is 1. The molecule has 7 nitrogen and oxygen atoms in total. The van der Waals surface area contributed by atoms with Crippen molar-refractivity contribution in [2.75, 3.05) is 37.0 Å². The Labute approximate surface area is 168 Å². The molecular weight excluding hydrogens is 374 g/mol. The Morgan fingerprint density at radius 1 is 1.21 bits per heavy atom. The predicted octanol–water partition coefficient (Wildman–Crippen LogP) is 3.73. The van der Waals surface area contributed by atoms with Crippen molar-refractivity contribution in [2.45, 2.75) is 32.6 Å². The largest absolute Gasteiger partial charge is 0.384 e. The highest BCUT2D eigenvalue weighted by atomic mass is 32.1. The lowest BCUT2D eigenvalue weighted by atomic mass is 10.1. The molecule has 0 spiro atoms. The Bertz CT molecular complexity index is 957. The van der Waals surface area contributed by atoms with Crippen molar-refractivity contribution in [1.29, 1.82) is 0 Å². The maximum Gasteiger partial charge on any atom is 0.227 e. The number of aromatic nitrogens is 3. The van der Waals surface area contributed by atoms with Crippen LogP contribution in [0, 0.1) is 6.92 Å². The summed E-state index contributed by atoms with van der Waals surface area (Å²) in [5.41, 5.74) is 2.89. The summed E-state index contributed by atoms with van der Waals surface area (Å²) in [5.74, 6) is 0.518. The first-order chi connectivity index (χ1) is 13.7. The van der Waals surface area contributed by atoms with Gasteiger partial charge >= 0.3 is 0 Å². The maximum absolute atomic E-state index is 12.4. The molecule has 0 unspecified atom stereocenters. The first kappa shape index (κ1) is 18.9. The second-order valence-electron chi connectivity index (χ2n) is 7.09. The van der Waals surface area contributed by atoms with E-state index in [1.165, 1.54) is 24.8 Å². The van der Waals surface area contributed by atoms with E-state index in [-0.39, 0.29) is 5.91 Å². The van der Waals surface area contributed by atoms with Crippen LogP contribution in [0.25, 0.3) is 16.2 Å². The number of amides is 1. The van der Waals surface area contributed by atoms with Crippen LogP contribution in [0.3, 0.4) is 0 Å². The third kappa shape index (κ3) is 3.88.